The third kappa shape index (κ3) is 6.06. The Balaban J connectivity index is 1.44. The van der Waals surface area contributed by atoms with Crippen LogP contribution in [0.2, 0.25) is 5.02 Å². The molecular weight excluding hydrogens is 438 g/mol. The van der Waals surface area contributed by atoms with Gasteiger partial charge in [0.05, 0.1) is 5.02 Å². The lowest BCUT2D eigenvalue weighted by atomic mass is 10.0. The van der Waals surface area contributed by atoms with Gasteiger partial charge in [0.2, 0.25) is 15.9 Å². The van der Waals surface area contributed by atoms with Gasteiger partial charge in [-0.15, -0.1) is 0 Å². The number of carbonyl (C=O) groups is 2. The number of sulfonamides is 1. The highest BCUT2D eigenvalue weighted by atomic mass is 35.5. The van der Waals surface area contributed by atoms with E-state index in [-0.39, 0.29) is 40.7 Å². The molecule has 7 nitrogen and oxygen atoms in total. The van der Waals surface area contributed by atoms with E-state index in [0.717, 1.165) is 5.56 Å². The number of rotatable bonds is 7. The van der Waals surface area contributed by atoms with E-state index in [9.17, 15) is 18.0 Å². The van der Waals surface area contributed by atoms with E-state index in [1.54, 1.807) is 23.1 Å². The number of hydrogen-bond acceptors (Lipinski definition) is 4. The minimum atomic E-state index is -3.77. The standard InChI is InChI=1S/C22H26ClN3O4S/c1-16-6-2-3-7-18(16)22(28)25-17-11-14-26(15-12-17)21(27)10-13-24-31(29,30)20-9-5-4-8-19(20)23/h2-9,17,24H,10-15H2,1H3,(H,25,28). The normalized spacial score (nSPS) is 15.0. The topological polar surface area (TPSA) is 95.6 Å². The van der Waals surface area contributed by atoms with E-state index in [2.05, 4.69) is 10.0 Å². The van der Waals surface area contributed by atoms with Crippen molar-refractivity contribution < 1.29 is 18.0 Å². The first kappa shape index (κ1) is 23.2. The molecule has 3 rings (SSSR count). The fourth-order valence-corrected chi connectivity index (χ4v) is 5.10. The molecule has 0 atom stereocenters. The predicted octanol–water partition coefficient (Wildman–Crippen LogP) is 2.74. The number of hydrogen-bond donors (Lipinski definition) is 2. The lowest BCUT2D eigenvalue weighted by Gasteiger charge is -2.32. The summed E-state index contributed by atoms with van der Waals surface area (Å²) in [5, 5.41) is 3.18. The smallest absolute Gasteiger partial charge is 0.251 e. The number of amides is 2. The number of carbonyl (C=O) groups excluding carboxylic acids is 2. The van der Waals surface area contributed by atoms with Crippen molar-refractivity contribution >= 4 is 33.4 Å². The van der Waals surface area contributed by atoms with Gasteiger partial charge in [-0.05, 0) is 43.5 Å². The van der Waals surface area contributed by atoms with Gasteiger partial charge in [-0.25, -0.2) is 13.1 Å². The maximum Gasteiger partial charge on any atom is 0.251 e. The Hall–Kier alpha value is -2.42. The summed E-state index contributed by atoms with van der Waals surface area (Å²) in [6.45, 7) is 2.94. The van der Waals surface area contributed by atoms with E-state index >= 15 is 0 Å². The van der Waals surface area contributed by atoms with Crippen LogP contribution in [0.1, 0.15) is 35.2 Å². The molecule has 166 valence electrons. The maximum absolute atomic E-state index is 12.5. The summed E-state index contributed by atoms with van der Waals surface area (Å²) in [5.41, 5.74) is 1.58. The molecule has 0 aliphatic carbocycles. The largest absolute Gasteiger partial charge is 0.349 e. The minimum Gasteiger partial charge on any atom is -0.349 e. The van der Waals surface area contributed by atoms with Gasteiger partial charge in [0, 0.05) is 37.7 Å². The fraction of sp³-hybridized carbons (Fsp3) is 0.364. The first-order valence-electron chi connectivity index (χ1n) is 10.2. The molecule has 2 N–H and O–H groups in total. The molecule has 0 saturated carbocycles. The van der Waals surface area contributed by atoms with Crippen LogP contribution >= 0.6 is 11.6 Å². The van der Waals surface area contributed by atoms with Crippen LogP contribution in [0.4, 0.5) is 0 Å². The van der Waals surface area contributed by atoms with E-state index in [0.29, 0.717) is 31.5 Å². The molecule has 1 saturated heterocycles. The summed E-state index contributed by atoms with van der Waals surface area (Å²) >= 11 is 5.95. The second kappa shape index (κ2) is 10.3. The summed E-state index contributed by atoms with van der Waals surface area (Å²) in [6.07, 6.45) is 1.38. The summed E-state index contributed by atoms with van der Waals surface area (Å²) < 4.78 is 27.1. The lowest BCUT2D eigenvalue weighted by Crippen LogP contribution is -2.47. The molecule has 0 unspecified atom stereocenters. The van der Waals surface area contributed by atoms with Crippen molar-refractivity contribution in [1.29, 1.82) is 0 Å². The van der Waals surface area contributed by atoms with Crippen molar-refractivity contribution in [3.8, 4) is 0 Å². The Morgan fingerprint density at radius 2 is 1.71 bits per heavy atom. The number of benzene rings is 2. The first-order valence-corrected chi connectivity index (χ1v) is 12.0. The average Bonchev–Trinajstić information content (AvgIpc) is 2.74. The number of piperidine rings is 1. The highest BCUT2D eigenvalue weighted by molar-refractivity contribution is 7.89. The second-order valence-corrected chi connectivity index (χ2v) is 9.66. The first-order chi connectivity index (χ1) is 14.8. The molecule has 9 heteroatoms. The Labute approximate surface area is 187 Å². The summed E-state index contributed by atoms with van der Waals surface area (Å²) in [5.74, 6) is -0.220. The highest BCUT2D eigenvalue weighted by Gasteiger charge is 2.25. The number of likely N-dealkylation sites (tertiary alicyclic amines) is 1. The van der Waals surface area contributed by atoms with Crippen LogP contribution in [-0.2, 0) is 14.8 Å². The van der Waals surface area contributed by atoms with E-state index in [1.807, 2.05) is 25.1 Å². The minimum absolute atomic E-state index is 0.00363. The van der Waals surface area contributed by atoms with Gasteiger partial charge in [-0.2, -0.15) is 0 Å². The molecule has 31 heavy (non-hydrogen) atoms. The highest BCUT2D eigenvalue weighted by Crippen LogP contribution is 2.20. The van der Waals surface area contributed by atoms with Crippen LogP contribution in [0.5, 0.6) is 0 Å². The molecule has 2 aromatic carbocycles. The number of halogens is 1. The molecule has 0 bridgehead atoms. The molecule has 1 aliphatic rings. The van der Waals surface area contributed by atoms with Crippen molar-refractivity contribution in [1.82, 2.24) is 14.9 Å². The molecule has 1 heterocycles. The van der Waals surface area contributed by atoms with Crippen molar-refractivity contribution in [2.24, 2.45) is 0 Å². The summed E-state index contributed by atoms with van der Waals surface area (Å²) in [7, 11) is -3.77. The zero-order valence-corrected chi connectivity index (χ0v) is 18.9. The van der Waals surface area contributed by atoms with Gasteiger partial charge < -0.3 is 10.2 Å². The number of nitrogens with one attached hydrogen (secondary N) is 2. The van der Waals surface area contributed by atoms with Gasteiger partial charge in [0.15, 0.2) is 0 Å². The van der Waals surface area contributed by atoms with Crippen LogP contribution in [0.3, 0.4) is 0 Å². The second-order valence-electron chi connectivity index (χ2n) is 7.52. The lowest BCUT2D eigenvalue weighted by molar-refractivity contribution is -0.132. The van der Waals surface area contributed by atoms with Gasteiger partial charge in [0.1, 0.15) is 4.90 Å². The molecule has 2 amide bonds. The van der Waals surface area contributed by atoms with Crippen molar-refractivity contribution in [3.63, 3.8) is 0 Å². The quantitative estimate of drug-likeness (QED) is 0.660. The van der Waals surface area contributed by atoms with Crippen molar-refractivity contribution in [2.75, 3.05) is 19.6 Å². The van der Waals surface area contributed by atoms with Crippen LogP contribution in [0.25, 0.3) is 0 Å². The average molecular weight is 464 g/mol. The summed E-state index contributed by atoms with van der Waals surface area (Å²) in [6, 6.07) is 13.6. The van der Waals surface area contributed by atoms with Crippen molar-refractivity contribution in [2.45, 2.75) is 37.1 Å². The third-order valence-corrected chi connectivity index (χ3v) is 7.29. The molecule has 2 aromatic rings. The van der Waals surface area contributed by atoms with E-state index < -0.39 is 10.0 Å². The van der Waals surface area contributed by atoms with Crippen molar-refractivity contribution in [3.05, 3.63) is 64.7 Å². The maximum atomic E-state index is 12.5. The van der Waals surface area contributed by atoms with E-state index in [1.165, 1.54) is 12.1 Å². The Morgan fingerprint density at radius 1 is 1.06 bits per heavy atom. The Bertz CT molecular complexity index is 1050. The molecule has 1 fully saturated rings. The van der Waals surface area contributed by atoms with Gasteiger partial charge in [-0.3, -0.25) is 9.59 Å². The monoisotopic (exact) mass is 463 g/mol. The Morgan fingerprint density at radius 3 is 2.39 bits per heavy atom. The van der Waals surface area contributed by atoms with Gasteiger partial charge in [-0.1, -0.05) is 41.9 Å². The fourth-order valence-electron chi connectivity index (χ4n) is 3.55. The summed E-state index contributed by atoms with van der Waals surface area (Å²) in [4.78, 5) is 26.6. The van der Waals surface area contributed by atoms with Crippen LogP contribution < -0.4 is 10.0 Å². The molecule has 0 aromatic heterocycles. The molecule has 0 spiro atoms. The SMILES string of the molecule is Cc1ccccc1C(=O)NC1CCN(C(=O)CCNS(=O)(=O)c2ccccc2Cl)CC1. The zero-order valence-electron chi connectivity index (χ0n) is 17.3. The number of nitrogens with zero attached hydrogens (tertiary/aromatic N) is 1. The zero-order chi connectivity index (χ0) is 22.4. The van der Waals surface area contributed by atoms with Crippen LogP contribution in [0.15, 0.2) is 53.4 Å². The van der Waals surface area contributed by atoms with Gasteiger partial charge >= 0.3 is 0 Å². The molecule has 1 aliphatic heterocycles. The van der Waals surface area contributed by atoms with Crippen LogP contribution in [-0.4, -0.2) is 50.8 Å². The number of aryl methyl sites for hydroxylation is 1. The van der Waals surface area contributed by atoms with Crippen LogP contribution in [0, 0.1) is 6.92 Å². The molecular formula is C22H26ClN3O4S. The van der Waals surface area contributed by atoms with E-state index in [4.69, 9.17) is 11.6 Å². The van der Waals surface area contributed by atoms with Gasteiger partial charge in [0.25, 0.3) is 5.91 Å². The molecule has 0 radical (unpaired) electrons. The third-order valence-electron chi connectivity index (χ3n) is 5.33. The predicted molar refractivity (Wildman–Crippen MR) is 120 cm³/mol. The Kier molecular flexibility index (Phi) is 7.69.